The van der Waals surface area contributed by atoms with Crippen LogP contribution in [0.2, 0.25) is 0 Å². The molecule has 1 heterocycles. The van der Waals surface area contributed by atoms with Crippen molar-refractivity contribution < 1.29 is 24.7 Å². The van der Waals surface area contributed by atoms with E-state index in [1.54, 1.807) is 0 Å². The SMILES string of the molecule is CC1(C)C(=O)N(c2ccc([C@@H](N)C(=O)O)cc2)C(=O)C(C)(C)N1O. The molecule has 1 fully saturated rings. The highest BCUT2D eigenvalue weighted by atomic mass is 16.5. The van der Waals surface area contributed by atoms with E-state index in [1.165, 1.54) is 52.0 Å². The number of nitrogens with zero attached hydrogens (tertiary/aromatic N) is 2. The molecular weight excluding hydrogens is 314 g/mol. The van der Waals surface area contributed by atoms with Gasteiger partial charge in [0.1, 0.15) is 17.1 Å². The van der Waals surface area contributed by atoms with Gasteiger partial charge in [-0.15, -0.1) is 0 Å². The molecule has 0 aliphatic carbocycles. The fourth-order valence-corrected chi connectivity index (χ4v) is 2.73. The van der Waals surface area contributed by atoms with Gasteiger partial charge in [0.2, 0.25) is 0 Å². The number of anilines is 1. The Morgan fingerprint density at radius 1 is 1.04 bits per heavy atom. The molecule has 1 atom stereocenters. The van der Waals surface area contributed by atoms with E-state index in [4.69, 9.17) is 10.8 Å². The summed E-state index contributed by atoms with van der Waals surface area (Å²) in [6, 6.07) is 4.66. The quantitative estimate of drug-likeness (QED) is 0.701. The number of aliphatic carboxylic acids is 1. The van der Waals surface area contributed by atoms with E-state index in [-0.39, 0.29) is 0 Å². The van der Waals surface area contributed by atoms with Crippen molar-refractivity contribution in [2.75, 3.05) is 4.90 Å². The van der Waals surface area contributed by atoms with Crippen LogP contribution in [0.15, 0.2) is 24.3 Å². The number of imide groups is 1. The molecule has 4 N–H and O–H groups in total. The summed E-state index contributed by atoms with van der Waals surface area (Å²) in [5.41, 5.74) is 3.59. The molecule has 130 valence electrons. The average molecular weight is 335 g/mol. The molecule has 0 spiro atoms. The summed E-state index contributed by atoms with van der Waals surface area (Å²) in [4.78, 5) is 37.3. The second kappa shape index (κ2) is 5.66. The lowest BCUT2D eigenvalue weighted by atomic mass is 9.88. The first-order chi connectivity index (χ1) is 10.9. The van der Waals surface area contributed by atoms with Crippen molar-refractivity contribution in [2.45, 2.75) is 44.8 Å². The van der Waals surface area contributed by atoms with Gasteiger partial charge in [0, 0.05) is 0 Å². The highest BCUT2D eigenvalue weighted by Gasteiger charge is 2.56. The number of piperazine rings is 1. The van der Waals surface area contributed by atoms with Crippen molar-refractivity contribution in [3.05, 3.63) is 29.8 Å². The summed E-state index contributed by atoms with van der Waals surface area (Å²) in [6.07, 6.45) is 0. The fourth-order valence-electron chi connectivity index (χ4n) is 2.73. The van der Waals surface area contributed by atoms with Gasteiger partial charge in [0.15, 0.2) is 0 Å². The Bertz CT molecular complexity index is 668. The second-order valence-electron chi connectivity index (χ2n) is 6.78. The van der Waals surface area contributed by atoms with E-state index in [1.807, 2.05) is 0 Å². The maximum absolute atomic E-state index is 12.7. The van der Waals surface area contributed by atoms with Gasteiger partial charge in [0.05, 0.1) is 5.69 Å². The number of carbonyl (C=O) groups excluding carboxylic acids is 2. The standard InChI is InChI=1S/C16H21N3O5/c1-15(2)13(22)18(14(23)16(3,4)19(15)24)10-7-5-9(6-8-10)11(17)12(20)21/h5-8,11,24H,17H2,1-4H3,(H,20,21)/t11-/m1/s1. The number of hydrogen-bond acceptors (Lipinski definition) is 6. The summed E-state index contributed by atoms with van der Waals surface area (Å²) in [6.45, 7) is 6.08. The lowest BCUT2D eigenvalue weighted by Crippen LogP contribution is -2.73. The van der Waals surface area contributed by atoms with Gasteiger partial charge in [-0.3, -0.25) is 14.4 Å². The molecule has 1 aliphatic heterocycles. The van der Waals surface area contributed by atoms with Crippen LogP contribution in [0.3, 0.4) is 0 Å². The first-order valence-corrected chi connectivity index (χ1v) is 7.39. The smallest absolute Gasteiger partial charge is 0.325 e. The molecule has 1 aromatic rings. The van der Waals surface area contributed by atoms with Gasteiger partial charge in [-0.2, -0.15) is 5.06 Å². The number of carboxylic acids is 1. The van der Waals surface area contributed by atoms with Crippen LogP contribution in [-0.4, -0.2) is 44.2 Å². The summed E-state index contributed by atoms with van der Waals surface area (Å²) in [7, 11) is 0. The molecular formula is C16H21N3O5. The predicted octanol–water partition coefficient (Wildman–Crippen LogP) is 0.893. The molecule has 0 unspecified atom stereocenters. The third kappa shape index (κ3) is 2.58. The number of hydroxylamine groups is 2. The van der Waals surface area contributed by atoms with Crippen LogP contribution in [0, 0.1) is 0 Å². The zero-order valence-electron chi connectivity index (χ0n) is 14.0. The second-order valence-corrected chi connectivity index (χ2v) is 6.78. The number of amides is 2. The van der Waals surface area contributed by atoms with E-state index >= 15 is 0 Å². The summed E-state index contributed by atoms with van der Waals surface area (Å²) in [5, 5.41) is 19.9. The Labute approximate surface area is 139 Å². The zero-order chi connectivity index (χ0) is 18.4. The predicted molar refractivity (Wildman–Crippen MR) is 85.3 cm³/mol. The van der Waals surface area contributed by atoms with E-state index in [0.29, 0.717) is 11.3 Å². The summed E-state index contributed by atoms with van der Waals surface area (Å²) >= 11 is 0. The highest BCUT2D eigenvalue weighted by Crippen LogP contribution is 2.35. The Morgan fingerprint density at radius 2 is 1.46 bits per heavy atom. The zero-order valence-corrected chi connectivity index (χ0v) is 14.0. The van der Waals surface area contributed by atoms with E-state index in [2.05, 4.69) is 0 Å². The Morgan fingerprint density at radius 3 is 1.83 bits per heavy atom. The minimum atomic E-state index is -1.30. The summed E-state index contributed by atoms with van der Waals surface area (Å²) < 4.78 is 0. The Hall–Kier alpha value is -2.29. The van der Waals surface area contributed by atoms with Gasteiger partial charge >= 0.3 is 5.97 Å². The van der Waals surface area contributed by atoms with Crippen LogP contribution < -0.4 is 10.6 Å². The van der Waals surface area contributed by atoms with Crippen molar-refractivity contribution in [2.24, 2.45) is 5.73 Å². The van der Waals surface area contributed by atoms with Crippen molar-refractivity contribution >= 4 is 23.5 Å². The van der Waals surface area contributed by atoms with Crippen LogP contribution in [0.25, 0.3) is 0 Å². The molecule has 1 aliphatic rings. The van der Waals surface area contributed by atoms with Crippen LogP contribution in [0.1, 0.15) is 39.3 Å². The normalized spacial score (nSPS) is 21.7. The highest BCUT2D eigenvalue weighted by molar-refractivity contribution is 6.22. The van der Waals surface area contributed by atoms with E-state index < -0.39 is 34.9 Å². The number of rotatable bonds is 3. The lowest BCUT2D eigenvalue weighted by molar-refractivity contribution is -0.226. The largest absolute Gasteiger partial charge is 0.480 e. The van der Waals surface area contributed by atoms with Gasteiger partial charge in [-0.05, 0) is 45.4 Å². The molecule has 24 heavy (non-hydrogen) atoms. The molecule has 0 aromatic heterocycles. The van der Waals surface area contributed by atoms with Crippen molar-refractivity contribution in [3.63, 3.8) is 0 Å². The minimum Gasteiger partial charge on any atom is -0.480 e. The number of nitrogens with two attached hydrogens (primary N) is 1. The van der Waals surface area contributed by atoms with Crippen LogP contribution in [-0.2, 0) is 14.4 Å². The van der Waals surface area contributed by atoms with Gasteiger partial charge < -0.3 is 16.0 Å². The number of hydrogen-bond donors (Lipinski definition) is 3. The summed E-state index contributed by atoms with van der Waals surface area (Å²) in [5.74, 6) is -2.33. The fraction of sp³-hybridized carbons (Fsp3) is 0.438. The maximum Gasteiger partial charge on any atom is 0.325 e. The third-order valence-electron chi connectivity index (χ3n) is 4.29. The van der Waals surface area contributed by atoms with E-state index in [9.17, 15) is 19.6 Å². The molecule has 2 rings (SSSR count). The maximum atomic E-state index is 12.7. The molecule has 8 heteroatoms. The number of carbonyl (C=O) groups is 3. The lowest BCUT2D eigenvalue weighted by Gasteiger charge is -2.49. The van der Waals surface area contributed by atoms with Crippen LogP contribution in [0.5, 0.6) is 0 Å². The van der Waals surface area contributed by atoms with E-state index in [0.717, 1.165) is 9.96 Å². The minimum absolute atomic E-state index is 0.292. The molecule has 2 amide bonds. The molecule has 0 radical (unpaired) electrons. The van der Waals surface area contributed by atoms with Gasteiger partial charge in [-0.25, -0.2) is 4.90 Å². The molecule has 8 nitrogen and oxygen atoms in total. The molecule has 0 saturated carbocycles. The monoisotopic (exact) mass is 335 g/mol. The number of benzene rings is 1. The van der Waals surface area contributed by atoms with Crippen LogP contribution >= 0.6 is 0 Å². The third-order valence-corrected chi connectivity index (χ3v) is 4.29. The van der Waals surface area contributed by atoms with Crippen LogP contribution in [0.4, 0.5) is 5.69 Å². The van der Waals surface area contributed by atoms with Gasteiger partial charge in [0.25, 0.3) is 11.8 Å². The number of carboxylic acid groups (broad SMARTS) is 1. The van der Waals surface area contributed by atoms with Gasteiger partial charge in [-0.1, -0.05) is 12.1 Å². The van der Waals surface area contributed by atoms with Crippen molar-refractivity contribution in [1.82, 2.24) is 5.06 Å². The average Bonchev–Trinajstić information content (AvgIpc) is 2.52. The first kappa shape index (κ1) is 18.1. The first-order valence-electron chi connectivity index (χ1n) is 7.39. The molecule has 1 aromatic carbocycles. The van der Waals surface area contributed by atoms with Crippen molar-refractivity contribution in [3.8, 4) is 0 Å². The van der Waals surface area contributed by atoms with Crippen molar-refractivity contribution in [1.29, 1.82) is 0 Å². The Balaban J connectivity index is 2.45. The Kier molecular flexibility index (Phi) is 4.26. The molecule has 0 bridgehead atoms. The topological polar surface area (TPSA) is 124 Å². The molecule has 1 saturated heterocycles.